The Hall–Kier alpha value is -3.23. The van der Waals surface area contributed by atoms with E-state index in [1.54, 1.807) is 17.4 Å². The Morgan fingerprint density at radius 2 is 2.12 bits per heavy atom. The lowest BCUT2D eigenvalue weighted by Gasteiger charge is -2.39. The molecule has 7 nitrogen and oxygen atoms in total. The van der Waals surface area contributed by atoms with Gasteiger partial charge in [0.15, 0.2) is 5.01 Å². The molecule has 3 aromatic heterocycles. The zero-order valence-electron chi connectivity index (χ0n) is 17.9. The largest absolute Gasteiger partial charge is 0.345 e. The second kappa shape index (κ2) is 8.96. The summed E-state index contributed by atoms with van der Waals surface area (Å²) in [6.07, 6.45) is 5.94. The molecule has 168 valence electrons. The van der Waals surface area contributed by atoms with Crippen LogP contribution in [0.15, 0.2) is 60.5 Å². The number of imidazole rings is 1. The smallest absolute Gasteiger partial charge is 0.280 e. The summed E-state index contributed by atoms with van der Waals surface area (Å²) < 4.78 is 1.83. The van der Waals surface area contributed by atoms with Crippen molar-refractivity contribution in [1.29, 1.82) is 0 Å². The molecule has 0 bridgehead atoms. The second-order valence-corrected chi connectivity index (χ2v) is 9.48. The Kier molecular flexibility index (Phi) is 5.86. The lowest BCUT2D eigenvalue weighted by molar-refractivity contribution is 0.0656. The quantitative estimate of drug-likeness (QED) is 0.476. The number of nitrogens with one attached hydrogen (secondary N) is 1. The van der Waals surface area contributed by atoms with Gasteiger partial charge in [-0.15, -0.1) is 11.3 Å². The molecule has 0 aliphatic carbocycles. The maximum absolute atomic E-state index is 13.5. The van der Waals surface area contributed by atoms with Crippen molar-refractivity contribution in [3.8, 4) is 0 Å². The van der Waals surface area contributed by atoms with Gasteiger partial charge < -0.3 is 14.6 Å². The number of likely N-dealkylation sites (tertiary alicyclic amines) is 1. The molecule has 1 aliphatic heterocycles. The van der Waals surface area contributed by atoms with Crippen molar-refractivity contribution >= 4 is 40.3 Å². The number of benzene rings is 1. The number of rotatable bonds is 4. The molecule has 5 rings (SSSR count). The average Bonchev–Trinajstić information content (AvgIpc) is 3.47. The molecule has 2 amide bonds. The Morgan fingerprint density at radius 3 is 2.91 bits per heavy atom. The van der Waals surface area contributed by atoms with Gasteiger partial charge >= 0.3 is 0 Å². The summed E-state index contributed by atoms with van der Waals surface area (Å²) in [5, 5.41) is 6.07. The fourth-order valence-corrected chi connectivity index (χ4v) is 5.30. The molecule has 0 spiro atoms. The van der Waals surface area contributed by atoms with E-state index in [9.17, 15) is 9.59 Å². The second-order valence-electron chi connectivity index (χ2n) is 8.18. The minimum Gasteiger partial charge on any atom is -0.345 e. The number of amides is 2. The molecule has 1 saturated heterocycles. The van der Waals surface area contributed by atoms with Gasteiger partial charge in [-0.1, -0.05) is 23.7 Å². The number of halogens is 1. The van der Waals surface area contributed by atoms with Gasteiger partial charge in [-0.2, -0.15) is 0 Å². The third-order valence-corrected chi connectivity index (χ3v) is 7.18. The van der Waals surface area contributed by atoms with Gasteiger partial charge in [-0.3, -0.25) is 9.59 Å². The van der Waals surface area contributed by atoms with E-state index in [2.05, 4.69) is 15.3 Å². The molecule has 1 aromatic carbocycles. The Labute approximate surface area is 200 Å². The number of hydrogen-bond donors (Lipinski definition) is 1. The molecule has 9 heteroatoms. The predicted molar refractivity (Wildman–Crippen MR) is 128 cm³/mol. The maximum Gasteiger partial charge on any atom is 0.280 e. The number of aryl methyl sites for hydroxylation is 1. The molecule has 0 unspecified atom stereocenters. The maximum atomic E-state index is 13.5. The van der Waals surface area contributed by atoms with Crippen LogP contribution in [0.3, 0.4) is 0 Å². The van der Waals surface area contributed by atoms with Crippen LogP contribution in [0.25, 0.3) is 5.52 Å². The Morgan fingerprint density at radius 1 is 1.24 bits per heavy atom. The van der Waals surface area contributed by atoms with Gasteiger partial charge in [0.1, 0.15) is 0 Å². The van der Waals surface area contributed by atoms with E-state index >= 15 is 0 Å². The van der Waals surface area contributed by atoms with Crippen LogP contribution in [-0.2, 0) is 0 Å². The number of carbonyl (C=O) groups excluding carboxylic acids is 2. The van der Waals surface area contributed by atoms with Gasteiger partial charge in [0.25, 0.3) is 11.8 Å². The zero-order valence-corrected chi connectivity index (χ0v) is 19.5. The molecule has 1 fully saturated rings. The number of nitrogens with zero attached hydrogens (tertiary/aromatic N) is 4. The molecule has 33 heavy (non-hydrogen) atoms. The fraction of sp³-hybridized carbons (Fsp3) is 0.250. The lowest BCUT2D eigenvalue weighted by atomic mass is 9.85. The van der Waals surface area contributed by atoms with Crippen molar-refractivity contribution in [3.05, 3.63) is 87.4 Å². The van der Waals surface area contributed by atoms with E-state index in [0.29, 0.717) is 35.1 Å². The zero-order chi connectivity index (χ0) is 22.9. The Bertz CT molecular complexity index is 1330. The van der Waals surface area contributed by atoms with Crippen LogP contribution in [0, 0.1) is 6.92 Å². The molecule has 4 heterocycles. The number of fused-ring (bicyclic) bond motifs is 1. The van der Waals surface area contributed by atoms with Crippen LogP contribution in [0.5, 0.6) is 0 Å². The molecule has 2 atom stereocenters. The number of piperidine rings is 1. The molecule has 0 radical (unpaired) electrons. The highest BCUT2D eigenvalue weighted by molar-refractivity contribution is 7.11. The van der Waals surface area contributed by atoms with Crippen LogP contribution < -0.4 is 5.32 Å². The first kappa shape index (κ1) is 21.6. The van der Waals surface area contributed by atoms with Crippen LogP contribution in [-0.4, -0.2) is 50.2 Å². The fourth-order valence-electron chi connectivity index (χ4n) is 4.41. The highest BCUT2D eigenvalue weighted by atomic mass is 35.5. The topological polar surface area (TPSA) is 79.6 Å². The molecule has 1 N–H and O–H groups in total. The van der Waals surface area contributed by atoms with E-state index in [-0.39, 0.29) is 23.8 Å². The van der Waals surface area contributed by atoms with E-state index < -0.39 is 0 Å². The monoisotopic (exact) mass is 479 g/mol. The molecule has 4 aromatic rings. The van der Waals surface area contributed by atoms with E-state index in [1.807, 2.05) is 59.3 Å². The first-order chi connectivity index (χ1) is 16.0. The van der Waals surface area contributed by atoms with Crippen molar-refractivity contribution < 1.29 is 9.59 Å². The van der Waals surface area contributed by atoms with Gasteiger partial charge in [0.05, 0.1) is 29.6 Å². The minimum atomic E-state index is -0.275. The van der Waals surface area contributed by atoms with Gasteiger partial charge in [-0.05, 0) is 43.2 Å². The number of pyridine rings is 1. The first-order valence-electron chi connectivity index (χ1n) is 10.7. The lowest BCUT2D eigenvalue weighted by Crippen LogP contribution is -2.53. The Balaban J connectivity index is 1.43. The average molecular weight is 480 g/mol. The summed E-state index contributed by atoms with van der Waals surface area (Å²) in [5.74, 6) is -0.268. The molecular weight excluding hydrogens is 458 g/mol. The number of carbonyl (C=O) groups is 2. The van der Waals surface area contributed by atoms with Gasteiger partial charge in [0, 0.05) is 41.3 Å². The van der Waals surface area contributed by atoms with Crippen LogP contribution in [0.2, 0.25) is 5.02 Å². The van der Waals surface area contributed by atoms with E-state index in [0.717, 1.165) is 16.8 Å². The highest BCUT2D eigenvalue weighted by Gasteiger charge is 2.35. The predicted octanol–water partition coefficient (Wildman–Crippen LogP) is 4.18. The molecular formula is C24H22ClN5O2S. The van der Waals surface area contributed by atoms with Crippen molar-refractivity contribution in [2.45, 2.75) is 25.3 Å². The summed E-state index contributed by atoms with van der Waals surface area (Å²) in [6.45, 7) is 2.83. The van der Waals surface area contributed by atoms with Crippen molar-refractivity contribution in [3.63, 3.8) is 0 Å². The first-order valence-corrected chi connectivity index (χ1v) is 11.9. The third-order valence-electron chi connectivity index (χ3n) is 5.99. The van der Waals surface area contributed by atoms with E-state index in [4.69, 9.17) is 11.6 Å². The van der Waals surface area contributed by atoms with Crippen LogP contribution in [0.4, 0.5) is 0 Å². The van der Waals surface area contributed by atoms with Gasteiger partial charge in [-0.25, -0.2) is 9.97 Å². The normalized spacial score (nSPS) is 18.4. The number of thiazole rings is 1. The standard InChI is InChI=1S/C24H22ClN5O2S/c1-15-13-33-23(27-15)22(31)28-20-12-29(9-7-18(20)16-4-2-5-17(25)10-16)24(32)19-6-3-8-30-14-26-11-21(19)30/h2-6,8,10-11,13-14,18,20H,7,9,12H2,1H3,(H,28,31)/t18-,20+/m0/s1. The number of aromatic nitrogens is 3. The third kappa shape index (κ3) is 4.36. The van der Waals surface area contributed by atoms with E-state index in [1.165, 1.54) is 11.3 Å². The SMILES string of the molecule is Cc1csc(C(=O)N[C@@H]2CN(C(=O)c3cccn4cncc34)CC[C@H]2c2cccc(Cl)c2)n1. The summed E-state index contributed by atoms with van der Waals surface area (Å²) in [5.41, 5.74) is 3.22. The van der Waals surface area contributed by atoms with Gasteiger partial charge in [0.2, 0.25) is 0 Å². The summed E-state index contributed by atoms with van der Waals surface area (Å²) in [7, 11) is 0. The van der Waals surface area contributed by atoms with Crippen molar-refractivity contribution in [1.82, 2.24) is 24.6 Å². The summed E-state index contributed by atoms with van der Waals surface area (Å²) >= 11 is 7.57. The van der Waals surface area contributed by atoms with Crippen molar-refractivity contribution in [2.75, 3.05) is 13.1 Å². The molecule has 0 saturated carbocycles. The molecule has 1 aliphatic rings. The van der Waals surface area contributed by atoms with Crippen molar-refractivity contribution in [2.24, 2.45) is 0 Å². The summed E-state index contributed by atoms with van der Waals surface area (Å²) in [6, 6.07) is 11.1. The minimum absolute atomic E-state index is 0.0310. The van der Waals surface area contributed by atoms with Crippen LogP contribution >= 0.6 is 22.9 Å². The number of hydrogen-bond acceptors (Lipinski definition) is 5. The highest BCUT2D eigenvalue weighted by Crippen LogP contribution is 2.31. The summed E-state index contributed by atoms with van der Waals surface area (Å²) in [4.78, 5) is 36.7. The van der Waals surface area contributed by atoms with Crippen LogP contribution in [0.1, 0.15) is 43.8 Å².